The van der Waals surface area contributed by atoms with Crippen LogP contribution < -0.4 is 10.1 Å². The number of hydrogen-bond donors (Lipinski definition) is 1. The number of ether oxygens (including phenoxy) is 1. The first-order chi connectivity index (χ1) is 9.11. The molecule has 2 aromatic rings. The molecule has 2 rings (SSSR count). The summed E-state index contributed by atoms with van der Waals surface area (Å²) in [6.07, 6.45) is 1.36. The third-order valence-electron chi connectivity index (χ3n) is 2.40. The lowest BCUT2D eigenvalue weighted by atomic mass is 10.2. The fourth-order valence-corrected chi connectivity index (χ4v) is 1.45. The number of carbonyl (C=O) groups is 1. The van der Waals surface area contributed by atoms with Crippen LogP contribution in [0, 0.1) is 11.6 Å². The molecule has 1 N–H and O–H groups in total. The van der Waals surface area contributed by atoms with Gasteiger partial charge in [-0.15, -0.1) is 0 Å². The molecule has 0 radical (unpaired) electrons. The van der Waals surface area contributed by atoms with Crippen molar-refractivity contribution in [1.82, 2.24) is 4.98 Å². The molecule has 0 atom stereocenters. The van der Waals surface area contributed by atoms with Crippen LogP contribution in [0.5, 0.6) is 5.88 Å². The molecule has 1 heterocycles. The summed E-state index contributed by atoms with van der Waals surface area (Å²) in [5, 5.41) is 2.41. The Balaban J connectivity index is 2.18. The van der Waals surface area contributed by atoms with Crippen LogP contribution in [0.25, 0.3) is 0 Å². The molecule has 98 valence electrons. The monoisotopic (exact) mass is 264 g/mol. The molecule has 0 bridgehead atoms. The van der Waals surface area contributed by atoms with E-state index in [1.54, 1.807) is 6.07 Å². The van der Waals surface area contributed by atoms with Gasteiger partial charge < -0.3 is 10.1 Å². The van der Waals surface area contributed by atoms with E-state index in [4.69, 9.17) is 4.74 Å². The van der Waals surface area contributed by atoms with Crippen molar-refractivity contribution in [1.29, 1.82) is 0 Å². The Morgan fingerprint density at radius 1 is 1.26 bits per heavy atom. The first-order valence-electron chi connectivity index (χ1n) is 5.37. The van der Waals surface area contributed by atoms with E-state index in [-0.39, 0.29) is 5.56 Å². The summed E-state index contributed by atoms with van der Waals surface area (Å²) in [6.45, 7) is 0. The van der Waals surface area contributed by atoms with E-state index in [1.165, 1.54) is 31.5 Å². The number of halogens is 2. The van der Waals surface area contributed by atoms with Gasteiger partial charge in [-0.25, -0.2) is 13.8 Å². The summed E-state index contributed by atoms with van der Waals surface area (Å²) in [7, 11) is 1.46. The maximum absolute atomic E-state index is 13.4. The largest absolute Gasteiger partial charge is 0.481 e. The van der Waals surface area contributed by atoms with Crippen molar-refractivity contribution >= 4 is 11.6 Å². The van der Waals surface area contributed by atoms with E-state index >= 15 is 0 Å². The van der Waals surface area contributed by atoms with E-state index < -0.39 is 17.5 Å². The highest BCUT2D eigenvalue weighted by molar-refractivity contribution is 6.04. The predicted molar refractivity (Wildman–Crippen MR) is 65.1 cm³/mol. The highest BCUT2D eigenvalue weighted by atomic mass is 19.2. The zero-order valence-corrected chi connectivity index (χ0v) is 9.98. The van der Waals surface area contributed by atoms with E-state index in [0.717, 1.165) is 6.07 Å². The minimum absolute atomic E-state index is 0.356. The number of amides is 1. The molecule has 0 saturated carbocycles. The van der Waals surface area contributed by atoms with Crippen molar-refractivity contribution in [2.45, 2.75) is 0 Å². The fraction of sp³-hybridized carbons (Fsp3) is 0.0769. The number of nitrogens with one attached hydrogen (secondary N) is 1. The minimum atomic E-state index is -1.18. The SMILES string of the molecule is COc1ccc(NC(=O)c2cccc(F)c2F)cn1. The van der Waals surface area contributed by atoms with Gasteiger partial charge in [0.05, 0.1) is 24.6 Å². The molecule has 1 aromatic carbocycles. The third-order valence-corrected chi connectivity index (χ3v) is 2.40. The molecule has 0 saturated heterocycles. The molecule has 0 aliphatic rings. The molecule has 19 heavy (non-hydrogen) atoms. The Bertz CT molecular complexity index is 600. The Kier molecular flexibility index (Phi) is 3.70. The van der Waals surface area contributed by atoms with Gasteiger partial charge in [0.1, 0.15) is 0 Å². The van der Waals surface area contributed by atoms with Crippen LogP contribution in [-0.4, -0.2) is 18.0 Å². The van der Waals surface area contributed by atoms with Crippen molar-refractivity contribution in [3.05, 3.63) is 53.7 Å². The number of aromatic nitrogens is 1. The van der Waals surface area contributed by atoms with Crippen molar-refractivity contribution in [3.8, 4) is 5.88 Å². The zero-order chi connectivity index (χ0) is 13.8. The van der Waals surface area contributed by atoms with Crippen molar-refractivity contribution < 1.29 is 18.3 Å². The highest BCUT2D eigenvalue weighted by Crippen LogP contribution is 2.15. The zero-order valence-electron chi connectivity index (χ0n) is 9.98. The van der Waals surface area contributed by atoms with Crippen molar-refractivity contribution in [2.24, 2.45) is 0 Å². The molecule has 0 aliphatic carbocycles. The molecular weight excluding hydrogens is 254 g/mol. The van der Waals surface area contributed by atoms with Crippen LogP contribution in [0.4, 0.5) is 14.5 Å². The van der Waals surface area contributed by atoms with Crippen LogP contribution in [0.1, 0.15) is 10.4 Å². The van der Waals surface area contributed by atoms with Crippen LogP contribution in [0.2, 0.25) is 0 Å². The van der Waals surface area contributed by atoms with E-state index in [2.05, 4.69) is 10.3 Å². The quantitative estimate of drug-likeness (QED) is 0.927. The van der Waals surface area contributed by atoms with Gasteiger partial charge in [-0.05, 0) is 18.2 Å². The molecule has 1 amide bonds. The number of hydrogen-bond acceptors (Lipinski definition) is 3. The maximum Gasteiger partial charge on any atom is 0.258 e. The molecule has 0 fully saturated rings. The number of benzene rings is 1. The Morgan fingerprint density at radius 3 is 2.68 bits per heavy atom. The van der Waals surface area contributed by atoms with Gasteiger partial charge in [0, 0.05) is 6.07 Å². The number of pyridine rings is 1. The Hall–Kier alpha value is -2.50. The first-order valence-corrected chi connectivity index (χ1v) is 5.37. The summed E-state index contributed by atoms with van der Waals surface area (Å²) < 4.78 is 31.3. The van der Waals surface area contributed by atoms with Gasteiger partial charge in [-0.1, -0.05) is 6.07 Å². The van der Waals surface area contributed by atoms with Gasteiger partial charge in [-0.3, -0.25) is 4.79 Å². The topological polar surface area (TPSA) is 51.2 Å². The van der Waals surface area contributed by atoms with Crippen LogP contribution >= 0.6 is 0 Å². The smallest absolute Gasteiger partial charge is 0.258 e. The molecule has 6 heteroatoms. The third kappa shape index (κ3) is 2.85. The number of nitrogens with zero attached hydrogens (tertiary/aromatic N) is 1. The predicted octanol–water partition coefficient (Wildman–Crippen LogP) is 2.62. The lowest BCUT2D eigenvalue weighted by Gasteiger charge is -2.06. The second kappa shape index (κ2) is 5.43. The van der Waals surface area contributed by atoms with Gasteiger partial charge in [0.2, 0.25) is 5.88 Å². The molecule has 0 aliphatic heterocycles. The molecular formula is C13H10F2N2O2. The molecule has 1 aromatic heterocycles. The Morgan fingerprint density at radius 2 is 2.05 bits per heavy atom. The lowest BCUT2D eigenvalue weighted by Crippen LogP contribution is -2.14. The number of anilines is 1. The number of methoxy groups -OCH3 is 1. The minimum Gasteiger partial charge on any atom is -0.481 e. The summed E-state index contributed by atoms with van der Waals surface area (Å²) >= 11 is 0. The summed E-state index contributed by atoms with van der Waals surface area (Å²) in [4.78, 5) is 15.6. The maximum atomic E-state index is 13.4. The standard InChI is InChI=1S/C13H10F2N2O2/c1-19-11-6-5-8(7-16-11)17-13(18)9-3-2-4-10(14)12(9)15/h2-7H,1H3,(H,17,18). The fourth-order valence-electron chi connectivity index (χ4n) is 1.45. The Labute approximate surface area is 108 Å². The van der Waals surface area contributed by atoms with Crippen molar-refractivity contribution in [3.63, 3.8) is 0 Å². The van der Waals surface area contributed by atoms with Gasteiger partial charge in [-0.2, -0.15) is 0 Å². The normalized spacial score (nSPS) is 10.1. The lowest BCUT2D eigenvalue weighted by molar-refractivity contribution is 0.102. The summed E-state index contributed by atoms with van der Waals surface area (Å²) in [5.41, 5.74) is -0.00900. The van der Waals surface area contributed by atoms with Crippen molar-refractivity contribution in [2.75, 3.05) is 12.4 Å². The van der Waals surface area contributed by atoms with Crippen LogP contribution in [-0.2, 0) is 0 Å². The second-order valence-corrected chi connectivity index (χ2v) is 3.64. The van der Waals surface area contributed by atoms with E-state index in [9.17, 15) is 13.6 Å². The average molecular weight is 264 g/mol. The van der Waals surface area contributed by atoms with Gasteiger partial charge in [0.25, 0.3) is 5.91 Å². The van der Waals surface area contributed by atoms with Gasteiger partial charge >= 0.3 is 0 Å². The van der Waals surface area contributed by atoms with Crippen LogP contribution in [0.15, 0.2) is 36.5 Å². The number of carbonyl (C=O) groups excluding carboxylic acids is 1. The molecule has 0 unspecified atom stereocenters. The molecule has 0 spiro atoms. The van der Waals surface area contributed by atoms with Gasteiger partial charge in [0.15, 0.2) is 11.6 Å². The second-order valence-electron chi connectivity index (χ2n) is 3.64. The van der Waals surface area contributed by atoms with E-state index in [1.807, 2.05) is 0 Å². The summed E-state index contributed by atoms with van der Waals surface area (Å²) in [6, 6.07) is 6.49. The van der Waals surface area contributed by atoms with Crippen LogP contribution in [0.3, 0.4) is 0 Å². The summed E-state index contributed by atoms with van der Waals surface area (Å²) in [5.74, 6) is -2.61. The first kappa shape index (κ1) is 12.9. The highest BCUT2D eigenvalue weighted by Gasteiger charge is 2.15. The molecule has 4 nitrogen and oxygen atoms in total. The number of rotatable bonds is 3. The average Bonchev–Trinajstić information content (AvgIpc) is 2.42. The van der Waals surface area contributed by atoms with E-state index in [0.29, 0.717) is 11.6 Å².